The molecule has 0 radical (unpaired) electrons. The summed E-state index contributed by atoms with van der Waals surface area (Å²) >= 11 is 0. The standard InChI is InChI=1S/C16H16O3/c1-18-10-11-19-16(17)15-9-5-8-14(12-15)13-6-3-2-4-7-13/h2-9,12H,10-11H2,1H3. The number of hydrogen-bond donors (Lipinski definition) is 0. The van der Waals surface area contributed by atoms with E-state index in [0.29, 0.717) is 12.2 Å². The highest BCUT2D eigenvalue weighted by molar-refractivity contribution is 5.91. The first-order chi connectivity index (χ1) is 9.31. The Morgan fingerprint density at radius 2 is 1.68 bits per heavy atom. The fourth-order valence-corrected chi connectivity index (χ4v) is 1.76. The lowest BCUT2D eigenvalue weighted by Gasteiger charge is -2.06. The first-order valence-electron chi connectivity index (χ1n) is 6.13. The minimum atomic E-state index is -0.324. The first-order valence-corrected chi connectivity index (χ1v) is 6.13. The van der Waals surface area contributed by atoms with E-state index in [9.17, 15) is 4.79 Å². The second-order valence-corrected chi connectivity index (χ2v) is 4.08. The number of carbonyl (C=O) groups excluding carboxylic acids is 1. The Balaban J connectivity index is 2.13. The van der Waals surface area contributed by atoms with Gasteiger partial charge in [0, 0.05) is 7.11 Å². The van der Waals surface area contributed by atoms with Crippen LogP contribution in [0.5, 0.6) is 0 Å². The van der Waals surface area contributed by atoms with Crippen LogP contribution in [0.3, 0.4) is 0 Å². The van der Waals surface area contributed by atoms with Gasteiger partial charge in [-0.25, -0.2) is 4.79 Å². The van der Waals surface area contributed by atoms with Gasteiger partial charge in [0.1, 0.15) is 6.61 Å². The van der Waals surface area contributed by atoms with Crippen molar-refractivity contribution >= 4 is 5.97 Å². The highest BCUT2D eigenvalue weighted by Crippen LogP contribution is 2.20. The van der Waals surface area contributed by atoms with Gasteiger partial charge in [-0.1, -0.05) is 42.5 Å². The van der Waals surface area contributed by atoms with Gasteiger partial charge in [-0.15, -0.1) is 0 Å². The summed E-state index contributed by atoms with van der Waals surface area (Å²) in [6.45, 7) is 0.676. The Kier molecular flexibility index (Phi) is 4.70. The molecule has 0 aliphatic rings. The molecule has 98 valence electrons. The van der Waals surface area contributed by atoms with Crippen molar-refractivity contribution < 1.29 is 14.3 Å². The molecular weight excluding hydrogens is 240 g/mol. The Morgan fingerprint density at radius 1 is 0.947 bits per heavy atom. The fraction of sp³-hybridized carbons (Fsp3) is 0.188. The van der Waals surface area contributed by atoms with Crippen LogP contribution in [-0.4, -0.2) is 26.3 Å². The summed E-state index contributed by atoms with van der Waals surface area (Å²) in [6.07, 6.45) is 0. The van der Waals surface area contributed by atoms with Crippen molar-refractivity contribution in [3.63, 3.8) is 0 Å². The zero-order chi connectivity index (χ0) is 13.5. The van der Waals surface area contributed by atoms with Gasteiger partial charge in [-0.2, -0.15) is 0 Å². The smallest absolute Gasteiger partial charge is 0.338 e. The molecule has 0 fully saturated rings. The van der Waals surface area contributed by atoms with E-state index in [0.717, 1.165) is 11.1 Å². The lowest BCUT2D eigenvalue weighted by atomic mass is 10.0. The van der Waals surface area contributed by atoms with E-state index in [-0.39, 0.29) is 12.6 Å². The van der Waals surface area contributed by atoms with Crippen LogP contribution in [0.25, 0.3) is 11.1 Å². The number of esters is 1. The normalized spacial score (nSPS) is 10.2. The molecule has 3 nitrogen and oxygen atoms in total. The van der Waals surface area contributed by atoms with E-state index in [2.05, 4.69) is 0 Å². The minimum absolute atomic E-state index is 0.269. The molecule has 0 amide bonds. The Bertz CT molecular complexity index is 535. The average molecular weight is 256 g/mol. The summed E-state index contributed by atoms with van der Waals surface area (Å²) < 4.78 is 9.94. The van der Waals surface area contributed by atoms with Crippen molar-refractivity contribution in [3.8, 4) is 11.1 Å². The molecule has 0 N–H and O–H groups in total. The molecule has 2 aromatic carbocycles. The quantitative estimate of drug-likeness (QED) is 0.609. The number of hydrogen-bond acceptors (Lipinski definition) is 3. The number of carbonyl (C=O) groups is 1. The summed E-state index contributed by atoms with van der Waals surface area (Å²) in [5, 5.41) is 0. The van der Waals surface area contributed by atoms with Gasteiger partial charge < -0.3 is 9.47 Å². The molecule has 0 unspecified atom stereocenters. The second-order valence-electron chi connectivity index (χ2n) is 4.08. The molecule has 0 spiro atoms. The third-order valence-corrected chi connectivity index (χ3v) is 2.73. The average Bonchev–Trinajstić information content (AvgIpc) is 2.48. The first kappa shape index (κ1) is 13.3. The van der Waals surface area contributed by atoms with Crippen molar-refractivity contribution in [2.45, 2.75) is 0 Å². The lowest BCUT2D eigenvalue weighted by Crippen LogP contribution is -2.09. The molecule has 3 heteroatoms. The molecule has 0 heterocycles. The molecular formula is C16H16O3. The van der Waals surface area contributed by atoms with Crippen molar-refractivity contribution in [1.29, 1.82) is 0 Å². The SMILES string of the molecule is COCCOC(=O)c1cccc(-c2ccccc2)c1. The molecule has 19 heavy (non-hydrogen) atoms. The third-order valence-electron chi connectivity index (χ3n) is 2.73. The zero-order valence-electron chi connectivity index (χ0n) is 10.8. The Morgan fingerprint density at radius 3 is 2.42 bits per heavy atom. The van der Waals surface area contributed by atoms with Crippen molar-refractivity contribution in [2.75, 3.05) is 20.3 Å². The maximum absolute atomic E-state index is 11.8. The molecule has 0 atom stereocenters. The van der Waals surface area contributed by atoms with Crippen LogP contribution < -0.4 is 0 Å². The molecule has 0 aliphatic heterocycles. The topological polar surface area (TPSA) is 35.5 Å². The molecule has 0 aromatic heterocycles. The van der Waals surface area contributed by atoms with E-state index < -0.39 is 0 Å². The Labute approximate surface area is 112 Å². The number of ether oxygens (including phenoxy) is 2. The van der Waals surface area contributed by atoms with E-state index >= 15 is 0 Å². The molecule has 0 bridgehead atoms. The van der Waals surface area contributed by atoms with Crippen LogP contribution in [-0.2, 0) is 9.47 Å². The van der Waals surface area contributed by atoms with Crippen molar-refractivity contribution in [2.24, 2.45) is 0 Å². The number of benzene rings is 2. The van der Waals surface area contributed by atoms with Gasteiger partial charge in [-0.05, 0) is 23.3 Å². The Hall–Kier alpha value is -2.13. The van der Waals surface area contributed by atoms with Gasteiger partial charge in [-0.3, -0.25) is 0 Å². The van der Waals surface area contributed by atoms with Gasteiger partial charge >= 0.3 is 5.97 Å². The van der Waals surface area contributed by atoms with Gasteiger partial charge in [0.15, 0.2) is 0 Å². The van der Waals surface area contributed by atoms with Crippen molar-refractivity contribution in [3.05, 3.63) is 60.2 Å². The van der Waals surface area contributed by atoms with Crippen LogP contribution >= 0.6 is 0 Å². The summed E-state index contributed by atoms with van der Waals surface area (Å²) in [7, 11) is 1.57. The summed E-state index contributed by atoms with van der Waals surface area (Å²) in [5.74, 6) is -0.324. The fourth-order valence-electron chi connectivity index (χ4n) is 1.76. The van der Waals surface area contributed by atoms with Crippen LogP contribution in [0.2, 0.25) is 0 Å². The predicted octanol–water partition coefficient (Wildman–Crippen LogP) is 3.16. The van der Waals surface area contributed by atoms with Crippen LogP contribution in [0.4, 0.5) is 0 Å². The highest BCUT2D eigenvalue weighted by atomic mass is 16.6. The second kappa shape index (κ2) is 6.71. The van der Waals surface area contributed by atoms with E-state index in [1.54, 1.807) is 13.2 Å². The number of rotatable bonds is 5. The molecule has 0 saturated carbocycles. The third kappa shape index (κ3) is 3.66. The predicted molar refractivity (Wildman–Crippen MR) is 74.0 cm³/mol. The van der Waals surface area contributed by atoms with Gasteiger partial charge in [0.2, 0.25) is 0 Å². The maximum atomic E-state index is 11.8. The molecule has 0 saturated heterocycles. The van der Waals surface area contributed by atoms with E-state index in [1.165, 1.54) is 0 Å². The monoisotopic (exact) mass is 256 g/mol. The zero-order valence-corrected chi connectivity index (χ0v) is 10.8. The summed E-state index contributed by atoms with van der Waals surface area (Å²) in [5.41, 5.74) is 2.63. The van der Waals surface area contributed by atoms with E-state index in [1.807, 2.05) is 48.5 Å². The largest absolute Gasteiger partial charge is 0.460 e. The maximum Gasteiger partial charge on any atom is 0.338 e. The lowest BCUT2D eigenvalue weighted by molar-refractivity contribution is 0.0388. The van der Waals surface area contributed by atoms with Gasteiger partial charge in [0.05, 0.1) is 12.2 Å². The summed E-state index contributed by atoms with van der Waals surface area (Å²) in [4.78, 5) is 11.8. The van der Waals surface area contributed by atoms with E-state index in [4.69, 9.17) is 9.47 Å². The van der Waals surface area contributed by atoms with Crippen LogP contribution in [0, 0.1) is 0 Å². The summed E-state index contributed by atoms with van der Waals surface area (Å²) in [6, 6.07) is 17.3. The highest BCUT2D eigenvalue weighted by Gasteiger charge is 2.08. The molecule has 2 aromatic rings. The molecule has 2 rings (SSSR count). The molecule has 0 aliphatic carbocycles. The van der Waals surface area contributed by atoms with Crippen molar-refractivity contribution in [1.82, 2.24) is 0 Å². The number of methoxy groups -OCH3 is 1. The minimum Gasteiger partial charge on any atom is -0.460 e. The van der Waals surface area contributed by atoms with Crippen LogP contribution in [0.1, 0.15) is 10.4 Å². The van der Waals surface area contributed by atoms with Crippen LogP contribution in [0.15, 0.2) is 54.6 Å². The van der Waals surface area contributed by atoms with Gasteiger partial charge in [0.25, 0.3) is 0 Å².